The van der Waals surface area contributed by atoms with E-state index >= 15 is 0 Å². The van der Waals surface area contributed by atoms with Gasteiger partial charge in [-0.3, -0.25) is 0 Å². The molecule has 0 rings (SSSR count). The second-order valence-electron chi connectivity index (χ2n) is 3.17. The summed E-state index contributed by atoms with van der Waals surface area (Å²) in [5, 5.41) is 3.34. The average Bonchev–Trinajstić information content (AvgIpc) is 2.16. The van der Waals surface area contributed by atoms with E-state index in [4.69, 9.17) is 4.74 Å². The lowest BCUT2D eigenvalue weighted by atomic mass is 10.2. The van der Waals surface area contributed by atoms with Crippen LogP contribution in [0.1, 0.15) is 32.6 Å². The van der Waals surface area contributed by atoms with E-state index in [1.54, 1.807) is 6.08 Å². The molecule has 78 valence electrons. The summed E-state index contributed by atoms with van der Waals surface area (Å²) in [6.45, 7) is 9.35. The number of ether oxygens (including phenoxy) is 1. The molecule has 0 aliphatic heterocycles. The first-order valence-electron chi connectivity index (χ1n) is 5.31. The van der Waals surface area contributed by atoms with Gasteiger partial charge in [0, 0.05) is 6.54 Å². The highest BCUT2D eigenvalue weighted by Crippen LogP contribution is 1.96. The van der Waals surface area contributed by atoms with Gasteiger partial charge in [-0.1, -0.05) is 32.3 Å². The van der Waals surface area contributed by atoms with E-state index in [0.717, 1.165) is 19.7 Å². The lowest BCUT2D eigenvalue weighted by Crippen LogP contribution is -2.20. The highest BCUT2D eigenvalue weighted by atomic mass is 16.5. The molecule has 0 unspecified atom stereocenters. The van der Waals surface area contributed by atoms with Crippen LogP contribution in [0.2, 0.25) is 0 Å². The summed E-state index contributed by atoms with van der Waals surface area (Å²) in [5.41, 5.74) is 0. The third kappa shape index (κ3) is 11.7. The third-order valence-corrected chi connectivity index (χ3v) is 1.87. The zero-order valence-corrected chi connectivity index (χ0v) is 8.85. The van der Waals surface area contributed by atoms with Gasteiger partial charge in [0.25, 0.3) is 0 Å². The van der Waals surface area contributed by atoms with Crippen molar-refractivity contribution in [3.8, 4) is 0 Å². The highest BCUT2D eigenvalue weighted by molar-refractivity contribution is 4.63. The minimum atomic E-state index is 0.664. The van der Waals surface area contributed by atoms with Crippen molar-refractivity contribution in [3.63, 3.8) is 0 Å². The van der Waals surface area contributed by atoms with Crippen molar-refractivity contribution in [3.05, 3.63) is 12.7 Å². The first-order chi connectivity index (χ1) is 6.41. The maximum Gasteiger partial charge on any atom is 0.0645 e. The quantitative estimate of drug-likeness (QED) is 0.417. The van der Waals surface area contributed by atoms with Crippen LogP contribution in [0.25, 0.3) is 0 Å². The third-order valence-electron chi connectivity index (χ3n) is 1.87. The van der Waals surface area contributed by atoms with Gasteiger partial charge in [-0.05, 0) is 13.0 Å². The Kier molecular flexibility index (Phi) is 11.4. The molecule has 0 bridgehead atoms. The van der Waals surface area contributed by atoms with Gasteiger partial charge < -0.3 is 10.1 Å². The molecule has 0 radical (unpaired) electrons. The van der Waals surface area contributed by atoms with Gasteiger partial charge in [0.1, 0.15) is 0 Å². The van der Waals surface area contributed by atoms with Crippen LogP contribution in [0.15, 0.2) is 12.7 Å². The Balaban J connectivity index is 2.79. The predicted octanol–water partition coefficient (Wildman–Crippen LogP) is 2.36. The van der Waals surface area contributed by atoms with Crippen molar-refractivity contribution in [2.24, 2.45) is 0 Å². The van der Waals surface area contributed by atoms with Crippen molar-refractivity contribution >= 4 is 0 Å². The Morgan fingerprint density at radius 3 is 2.77 bits per heavy atom. The van der Waals surface area contributed by atoms with E-state index in [2.05, 4.69) is 18.8 Å². The Bertz CT molecular complexity index is 104. The molecule has 0 aliphatic carbocycles. The fraction of sp³-hybridized carbons (Fsp3) is 0.818. The van der Waals surface area contributed by atoms with Gasteiger partial charge >= 0.3 is 0 Å². The van der Waals surface area contributed by atoms with E-state index in [1.165, 1.54) is 25.7 Å². The zero-order valence-electron chi connectivity index (χ0n) is 8.85. The summed E-state index contributed by atoms with van der Waals surface area (Å²) in [6, 6.07) is 0. The molecule has 0 fully saturated rings. The average molecular weight is 185 g/mol. The van der Waals surface area contributed by atoms with Crippen LogP contribution >= 0.6 is 0 Å². The summed E-state index contributed by atoms with van der Waals surface area (Å²) in [6.07, 6.45) is 7.07. The molecule has 0 amide bonds. The van der Waals surface area contributed by atoms with Crippen LogP contribution in [0, 0.1) is 0 Å². The minimum Gasteiger partial charge on any atom is -0.376 e. The fourth-order valence-corrected chi connectivity index (χ4v) is 1.11. The number of rotatable bonds is 10. The van der Waals surface area contributed by atoms with Crippen LogP contribution in [-0.4, -0.2) is 26.3 Å². The Morgan fingerprint density at radius 2 is 2.08 bits per heavy atom. The first kappa shape index (κ1) is 12.7. The lowest BCUT2D eigenvalue weighted by molar-refractivity contribution is 0.164. The van der Waals surface area contributed by atoms with Gasteiger partial charge in [0.15, 0.2) is 0 Å². The molecule has 0 aromatic heterocycles. The molecule has 2 nitrogen and oxygen atoms in total. The Labute approximate surface area is 82.4 Å². The van der Waals surface area contributed by atoms with Crippen LogP contribution in [0.4, 0.5) is 0 Å². The normalized spacial score (nSPS) is 10.2. The van der Waals surface area contributed by atoms with Crippen LogP contribution < -0.4 is 5.32 Å². The van der Waals surface area contributed by atoms with E-state index in [-0.39, 0.29) is 0 Å². The fourth-order valence-electron chi connectivity index (χ4n) is 1.11. The molecule has 0 atom stereocenters. The number of hydrogen-bond donors (Lipinski definition) is 1. The maximum absolute atomic E-state index is 5.23. The summed E-state index contributed by atoms with van der Waals surface area (Å²) in [4.78, 5) is 0. The molecule has 0 aliphatic rings. The van der Waals surface area contributed by atoms with Crippen molar-refractivity contribution in [1.29, 1.82) is 0 Å². The van der Waals surface area contributed by atoms with Crippen LogP contribution in [0.3, 0.4) is 0 Å². The second-order valence-corrected chi connectivity index (χ2v) is 3.17. The first-order valence-corrected chi connectivity index (χ1v) is 5.31. The Morgan fingerprint density at radius 1 is 1.23 bits per heavy atom. The summed E-state index contributed by atoms with van der Waals surface area (Å²) in [5.74, 6) is 0. The van der Waals surface area contributed by atoms with Gasteiger partial charge in [-0.25, -0.2) is 0 Å². The summed E-state index contributed by atoms with van der Waals surface area (Å²) < 4.78 is 5.23. The van der Waals surface area contributed by atoms with Crippen molar-refractivity contribution in [1.82, 2.24) is 5.32 Å². The molecule has 1 N–H and O–H groups in total. The Hall–Kier alpha value is -0.340. The van der Waals surface area contributed by atoms with Crippen molar-refractivity contribution in [2.75, 3.05) is 26.3 Å². The maximum atomic E-state index is 5.23. The number of unbranched alkanes of at least 4 members (excludes halogenated alkanes) is 3. The molecule has 0 saturated carbocycles. The van der Waals surface area contributed by atoms with E-state index in [0.29, 0.717) is 6.61 Å². The molecule has 0 spiro atoms. The SMILES string of the molecule is C=CCOCCNCCCCCC. The summed E-state index contributed by atoms with van der Waals surface area (Å²) >= 11 is 0. The monoisotopic (exact) mass is 185 g/mol. The molecular formula is C11H23NO. The zero-order chi connectivity index (χ0) is 9.78. The number of hydrogen-bond acceptors (Lipinski definition) is 2. The van der Waals surface area contributed by atoms with Gasteiger partial charge in [-0.2, -0.15) is 0 Å². The molecule has 0 aromatic carbocycles. The van der Waals surface area contributed by atoms with Gasteiger partial charge in [0.05, 0.1) is 13.2 Å². The standard InChI is InChI=1S/C11H23NO/c1-3-5-6-7-8-12-9-11-13-10-4-2/h4,12H,2-3,5-11H2,1H3. The highest BCUT2D eigenvalue weighted by Gasteiger charge is 1.88. The summed E-state index contributed by atoms with van der Waals surface area (Å²) in [7, 11) is 0. The van der Waals surface area contributed by atoms with Gasteiger partial charge in [0.2, 0.25) is 0 Å². The molecule has 0 aromatic rings. The molecule has 0 saturated heterocycles. The minimum absolute atomic E-state index is 0.664. The van der Waals surface area contributed by atoms with E-state index in [1.807, 2.05) is 0 Å². The van der Waals surface area contributed by atoms with Crippen LogP contribution in [-0.2, 0) is 4.74 Å². The lowest BCUT2D eigenvalue weighted by Gasteiger charge is -2.04. The second kappa shape index (κ2) is 11.7. The molecule has 2 heteroatoms. The van der Waals surface area contributed by atoms with E-state index in [9.17, 15) is 0 Å². The van der Waals surface area contributed by atoms with Crippen molar-refractivity contribution < 1.29 is 4.74 Å². The van der Waals surface area contributed by atoms with E-state index < -0.39 is 0 Å². The number of nitrogens with one attached hydrogen (secondary N) is 1. The van der Waals surface area contributed by atoms with Crippen molar-refractivity contribution in [2.45, 2.75) is 32.6 Å². The molecule has 13 heavy (non-hydrogen) atoms. The molecule has 0 heterocycles. The molecular weight excluding hydrogens is 162 g/mol. The largest absolute Gasteiger partial charge is 0.376 e. The predicted molar refractivity (Wildman–Crippen MR) is 58.0 cm³/mol. The van der Waals surface area contributed by atoms with Crippen LogP contribution in [0.5, 0.6) is 0 Å². The smallest absolute Gasteiger partial charge is 0.0645 e. The van der Waals surface area contributed by atoms with Gasteiger partial charge in [-0.15, -0.1) is 6.58 Å². The topological polar surface area (TPSA) is 21.3 Å².